The van der Waals surface area contributed by atoms with E-state index < -0.39 is 18.1 Å². The van der Waals surface area contributed by atoms with Crippen LogP contribution in [0.15, 0.2) is 106 Å². The van der Waals surface area contributed by atoms with E-state index in [-0.39, 0.29) is 18.4 Å². The van der Waals surface area contributed by atoms with Crippen molar-refractivity contribution in [3.63, 3.8) is 0 Å². The van der Waals surface area contributed by atoms with E-state index in [1.165, 1.54) is 4.90 Å². The Hall–Kier alpha value is -3.68. The van der Waals surface area contributed by atoms with Crippen molar-refractivity contribution in [1.29, 1.82) is 0 Å². The van der Waals surface area contributed by atoms with Crippen molar-refractivity contribution in [2.24, 2.45) is 5.92 Å². The Bertz CT molecular complexity index is 1370. The molecule has 0 radical (unpaired) electrons. The summed E-state index contributed by atoms with van der Waals surface area (Å²) in [5.41, 5.74) is 2.56. The van der Waals surface area contributed by atoms with Crippen LogP contribution in [0.25, 0.3) is 11.3 Å². The average Bonchev–Trinajstić information content (AvgIpc) is 3.58. The van der Waals surface area contributed by atoms with Crippen molar-refractivity contribution in [2.75, 3.05) is 5.06 Å². The molecule has 3 aromatic carbocycles. The summed E-state index contributed by atoms with van der Waals surface area (Å²) in [6, 6.07) is 30.0. The normalized spacial score (nSPS) is 21.6. The number of imide groups is 1. The van der Waals surface area contributed by atoms with Crippen molar-refractivity contribution in [2.45, 2.75) is 18.7 Å². The number of rotatable bonds is 5. The molecule has 0 saturated carbocycles. The molecule has 2 fully saturated rings. The van der Waals surface area contributed by atoms with Crippen molar-refractivity contribution in [1.82, 2.24) is 4.90 Å². The van der Waals surface area contributed by atoms with Gasteiger partial charge >= 0.3 is 0 Å². The Morgan fingerprint density at radius 1 is 0.771 bits per heavy atom. The van der Waals surface area contributed by atoms with Crippen LogP contribution in [0, 0.1) is 5.92 Å². The number of carbonyl (C=O) groups excluding carboxylic acids is 2. The summed E-state index contributed by atoms with van der Waals surface area (Å²) < 4.78 is 7.25. The molecule has 2 aliphatic rings. The van der Waals surface area contributed by atoms with Crippen LogP contribution in [-0.4, -0.2) is 22.8 Å². The van der Waals surface area contributed by atoms with Crippen LogP contribution < -0.4 is 5.06 Å². The number of nitrogens with zero attached hydrogens (tertiary/aromatic N) is 2. The van der Waals surface area contributed by atoms with Gasteiger partial charge in [-0.1, -0.05) is 76.6 Å². The van der Waals surface area contributed by atoms with Gasteiger partial charge in [0.25, 0.3) is 5.91 Å². The summed E-state index contributed by atoms with van der Waals surface area (Å²) >= 11 is 3.46. The van der Waals surface area contributed by atoms with Crippen molar-refractivity contribution >= 4 is 33.4 Å². The lowest BCUT2D eigenvalue weighted by molar-refractivity contribution is -0.143. The Kier molecular flexibility index (Phi) is 5.51. The molecule has 0 unspecified atom stereocenters. The maximum atomic E-state index is 13.6. The van der Waals surface area contributed by atoms with Gasteiger partial charge in [-0.15, -0.1) is 0 Å². The lowest BCUT2D eigenvalue weighted by Gasteiger charge is -2.27. The van der Waals surface area contributed by atoms with Crippen LogP contribution in [-0.2, 0) is 21.0 Å². The molecule has 2 saturated heterocycles. The number of benzene rings is 3. The second-order valence-corrected chi connectivity index (χ2v) is 9.53. The monoisotopic (exact) mass is 528 g/mol. The van der Waals surface area contributed by atoms with Crippen molar-refractivity contribution < 1.29 is 18.8 Å². The number of anilines is 1. The van der Waals surface area contributed by atoms with Gasteiger partial charge in [0, 0.05) is 10.0 Å². The van der Waals surface area contributed by atoms with Gasteiger partial charge < -0.3 is 4.42 Å². The lowest BCUT2D eigenvalue weighted by atomic mass is 9.94. The number of para-hydroxylation sites is 1. The maximum Gasteiger partial charge on any atom is 0.262 e. The fraction of sp³-hybridized carbons (Fsp3) is 0.143. The number of halogens is 1. The lowest BCUT2D eigenvalue weighted by Crippen LogP contribution is -2.36. The number of hydroxylamine groups is 1. The van der Waals surface area contributed by atoms with Crippen LogP contribution in [0.4, 0.5) is 5.69 Å². The Morgan fingerprint density at radius 3 is 2.17 bits per heavy atom. The summed E-state index contributed by atoms with van der Waals surface area (Å²) in [5, 5.41) is 1.65. The van der Waals surface area contributed by atoms with Crippen LogP contribution in [0.5, 0.6) is 0 Å². The molecule has 3 atom stereocenters. The second kappa shape index (κ2) is 8.83. The fourth-order valence-corrected chi connectivity index (χ4v) is 5.03. The highest BCUT2D eigenvalue weighted by Crippen LogP contribution is 2.47. The second-order valence-electron chi connectivity index (χ2n) is 8.62. The third-order valence-electron chi connectivity index (χ3n) is 6.45. The summed E-state index contributed by atoms with van der Waals surface area (Å²) in [7, 11) is 0. The summed E-state index contributed by atoms with van der Waals surface area (Å²) in [6.45, 7) is 0.217. The Balaban J connectivity index is 1.37. The molecule has 2 amide bonds. The number of carbonyl (C=O) groups is 2. The molecule has 174 valence electrons. The largest absolute Gasteiger partial charge is 0.459 e. The summed E-state index contributed by atoms with van der Waals surface area (Å²) in [4.78, 5) is 34.4. The van der Waals surface area contributed by atoms with Gasteiger partial charge in [0.15, 0.2) is 6.10 Å². The highest BCUT2D eigenvalue weighted by molar-refractivity contribution is 9.10. The van der Waals surface area contributed by atoms with Crippen molar-refractivity contribution in [3.8, 4) is 11.3 Å². The molecular weight excluding hydrogens is 508 g/mol. The van der Waals surface area contributed by atoms with Crippen molar-refractivity contribution in [3.05, 3.63) is 113 Å². The van der Waals surface area contributed by atoms with Gasteiger partial charge in [-0.2, -0.15) is 0 Å². The number of hydrogen-bond acceptors (Lipinski definition) is 5. The van der Waals surface area contributed by atoms with E-state index in [1.807, 2.05) is 97.1 Å². The molecule has 2 aliphatic heterocycles. The maximum absolute atomic E-state index is 13.6. The number of fused-ring (bicyclic) bond motifs is 1. The van der Waals surface area contributed by atoms with Crippen LogP contribution in [0.2, 0.25) is 0 Å². The van der Waals surface area contributed by atoms with E-state index in [1.54, 1.807) is 5.06 Å². The van der Waals surface area contributed by atoms with Gasteiger partial charge in [0.05, 0.1) is 12.2 Å². The molecule has 1 aromatic heterocycles. The zero-order valence-corrected chi connectivity index (χ0v) is 20.2. The zero-order valence-electron chi connectivity index (χ0n) is 18.6. The minimum atomic E-state index is -0.905. The Labute approximate surface area is 210 Å². The molecule has 6 rings (SSSR count). The first-order chi connectivity index (χ1) is 17.1. The number of furan rings is 1. The summed E-state index contributed by atoms with van der Waals surface area (Å²) in [5.74, 6) is -0.0416. The molecule has 0 bridgehead atoms. The van der Waals surface area contributed by atoms with Gasteiger partial charge in [-0.05, 0) is 42.0 Å². The molecular formula is C28H21BrN2O4. The van der Waals surface area contributed by atoms with E-state index in [2.05, 4.69) is 15.9 Å². The Morgan fingerprint density at radius 2 is 1.46 bits per heavy atom. The zero-order chi connectivity index (χ0) is 23.9. The molecule has 0 N–H and O–H groups in total. The minimum absolute atomic E-state index is 0.217. The highest BCUT2D eigenvalue weighted by atomic mass is 79.9. The van der Waals surface area contributed by atoms with E-state index in [0.717, 1.165) is 21.3 Å². The first-order valence-electron chi connectivity index (χ1n) is 11.4. The molecule has 0 aliphatic carbocycles. The summed E-state index contributed by atoms with van der Waals surface area (Å²) in [6.07, 6.45) is -0.905. The van der Waals surface area contributed by atoms with E-state index in [0.29, 0.717) is 11.5 Å². The smallest absolute Gasteiger partial charge is 0.262 e. The first-order valence-corrected chi connectivity index (χ1v) is 12.2. The SMILES string of the molecule is O=C1[C@@H]2[C@H](ON(c3ccccc3)[C@@H]2c2ccc(-c3ccc(Br)cc3)o2)C(=O)N1Cc1ccccc1. The van der Waals surface area contributed by atoms with Gasteiger partial charge in [0.1, 0.15) is 23.5 Å². The molecule has 0 spiro atoms. The average molecular weight is 529 g/mol. The van der Waals surface area contributed by atoms with Crippen LogP contribution in [0.1, 0.15) is 17.4 Å². The highest BCUT2D eigenvalue weighted by Gasteiger charge is 2.60. The first kappa shape index (κ1) is 21.8. The fourth-order valence-electron chi connectivity index (χ4n) is 4.76. The minimum Gasteiger partial charge on any atom is -0.459 e. The van der Waals surface area contributed by atoms with Gasteiger partial charge in [0.2, 0.25) is 5.91 Å². The number of amides is 2. The van der Waals surface area contributed by atoms with Crippen LogP contribution >= 0.6 is 15.9 Å². The van der Waals surface area contributed by atoms with Gasteiger partial charge in [-0.25, -0.2) is 5.06 Å². The molecule has 7 heteroatoms. The van der Waals surface area contributed by atoms with E-state index >= 15 is 0 Å². The quantitative estimate of drug-likeness (QED) is 0.308. The van der Waals surface area contributed by atoms with Gasteiger partial charge in [-0.3, -0.25) is 19.3 Å². The van der Waals surface area contributed by atoms with E-state index in [9.17, 15) is 9.59 Å². The predicted molar refractivity (Wildman–Crippen MR) is 134 cm³/mol. The molecule has 6 nitrogen and oxygen atoms in total. The van der Waals surface area contributed by atoms with Crippen LogP contribution in [0.3, 0.4) is 0 Å². The molecule has 3 heterocycles. The number of likely N-dealkylation sites (tertiary alicyclic amines) is 1. The number of hydrogen-bond donors (Lipinski definition) is 0. The molecule has 4 aromatic rings. The van der Waals surface area contributed by atoms with E-state index in [4.69, 9.17) is 9.25 Å². The standard InChI is InChI=1S/C28H21BrN2O4/c29-20-13-11-19(12-14-20)22-15-16-23(34-22)25-24-26(35-31(25)21-9-5-2-6-10-21)28(33)30(27(24)32)17-18-7-3-1-4-8-18/h1-16,24-26H,17H2/t24-,25+,26-/m0/s1. The molecule has 35 heavy (non-hydrogen) atoms. The topological polar surface area (TPSA) is 63.0 Å². The third kappa shape index (κ3) is 3.87. The third-order valence-corrected chi connectivity index (χ3v) is 6.98. The predicted octanol–water partition coefficient (Wildman–Crippen LogP) is 5.76.